The molecule has 8 heteroatoms. The number of hydrogen-bond donors (Lipinski definition) is 1. The van der Waals surface area contributed by atoms with Crippen LogP contribution < -0.4 is 10.1 Å². The Labute approximate surface area is 180 Å². The molecule has 0 radical (unpaired) electrons. The number of carbonyl (C=O) groups is 1. The molecule has 2 aromatic carbocycles. The van der Waals surface area contributed by atoms with Gasteiger partial charge in [-0.05, 0) is 48.9 Å². The lowest BCUT2D eigenvalue weighted by molar-refractivity contribution is 0.0950. The summed E-state index contributed by atoms with van der Waals surface area (Å²) in [5.41, 5.74) is 2.06. The Morgan fingerprint density at radius 3 is 2.61 bits per heavy atom. The average Bonchev–Trinajstić information content (AvgIpc) is 3.26. The van der Waals surface area contributed by atoms with Gasteiger partial charge in [-0.25, -0.2) is 13.4 Å². The molecule has 0 saturated heterocycles. The second-order valence-corrected chi connectivity index (χ2v) is 8.74. The monoisotopic (exact) mass is 435 g/mol. The molecule has 158 valence electrons. The van der Waals surface area contributed by atoms with Crippen LogP contribution in [0.3, 0.4) is 0 Å². The summed E-state index contributed by atoms with van der Waals surface area (Å²) in [6, 6.07) is 16.5. The second-order valence-electron chi connectivity index (χ2n) is 6.82. The third kappa shape index (κ3) is 4.29. The van der Waals surface area contributed by atoms with E-state index in [9.17, 15) is 13.2 Å². The Morgan fingerprint density at radius 1 is 1.06 bits per heavy atom. The minimum Gasteiger partial charge on any atom is -0.493 e. The van der Waals surface area contributed by atoms with Crippen molar-refractivity contribution in [3.8, 4) is 5.75 Å². The summed E-state index contributed by atoms with van der Waals surface area (Å²) >= 11 is 0. The van der Waals surface area contributed by atoms with E-state index in [0.717, 1.165) is 11.2 Å². The highest BCUT2D eigenvalue weighted by Crippen LogP contribution is 2.29. The first kappa shape index (κ1) is 20.6. The number of pyridine rings is 1. The first-order valence-corrected chi connectivity index (χ1v) is 11.2. The van der Waals surface area contributed by atoms with Crippen molar-refractivity contribution in [1.29, 1.82) is 0 Å². The molecule has 2 aromatic heterocycles. The van der Waals surface area contributed by atoms with Crippen molar-refractivity contribution in [3.05, 3.63) is 90.4 Å². The Morgan fingerprint density at radius 2 is 1.84 bits per heavy atom. The summed E-state index contributed by atoms with van der Waals surface area (Å²) in [7, 11) is -3.72. The van der Waals surface area contributed by atoms with E-state index in [1.165, 1.54) is 18.2 Å². The lowest BCUT2D eigenvalue weighted by Gasteiger charge is -2.11. The van der Waals surface area contributed by atoms with E-state index in [1.807, 2.05) is 0 Å². The number of amides is 1. The summed E-state index contributed by atoms with van der Waals surface area (Å²) in [5, 5.41) is 2.85. The van der Waals surface area contributed by atoms with E-state index in [0.29, 0.717) is 17.9 Å². The number of sulfone groups is 1. The first-order chi connectivity index (χ1) is 15.0. The Balaban J connectivity index is 1.47. The molecule has 1 amide bonds. The third-order valence-corrected chi connectivity index (χ3v) is 6.59. The van der Waals surface area contributed by atoms with Gasteiger partial charge >= 0.3 is 0 Å². The van der Waals surface area contributed by atoms with Crippen LogP contribution in [0.4, 0.5) is 0 Å². The molecule has 0 bridgehead atoms. The molecule has 0 aliphatic rings. The average molecular weight is 436 g/mol. The van der Waals surface area contributed by atoms with E-state index in [2.05, 4.69) is 10.3 Å². The van der Waals surface area contributed by atoms with Crippen molar-refractivity contribution >= 4 is 21.4 Å². The fourth-order valence-corrected chi connectivity index (χ4v) is 4.60. The van der Waals surface area contributed by atoms with Gasteiger partial charge < -0.3 is 14.5 Å². The maximum absolute atomic E-state index is 13.0. The molecule has 4 rings (SSSR count). The smallest absolute Gasteiger partial charge is 0.253 e. The fourth-order valence-electron chi connectivity index (χ4n) is 3.20. The van der Waals surface area contributed by atoms with Crippen LogP contribution >= 0.6 is 0 Å². The number of fused-ring (bicyclic) bond motifs is 1. The van der Waals surface area contributed by atoms with Crippen LogP contribution in [0, 0.1) is 0 Å². The van der Waals surface area contributed by atoms with Crippen LogP contribution in [0.15, 0.2) is 89.0 Å². The zero-order valence-corrected chi connectivity index (χ0v) is 17.7. The SMILES string of the molecule is CCOc1ccccc1S(=O)(=O)c1ccc(CNC(=O)c2ccc3nccn3c2)cc1. The van der Waals surface area contributed by atoms with Crippen LogP contribution in [0.25, 0.3) is 5.65 Å². The van der Waals surface area contributed by atoms with Crippen molar-refractivity contribution in [2.24, 2.45) is 0 Å². The number of rotatable bonds is 7. The molecular weight excluding hydrogens is 414 g/mol. The van der Waals surface area contributed by atoms with Gasteiger partial charge in [-0.2, -0.15) is 0 Å². The Kier molecular flexibility index (Phi) is 5.73. The van der Waals surface area contributed by atoms with E-state index in [4.69, 9.17) is 4.74 Å². The van der Waals surface area contributed by atoms with Crippen molar-refractivity contribution in [1.82, 2.24) is 14.7 Å². The fraction of sp³-hybridized carbons (Fsp3) is 0.130. The molecule has 0 atom stereocenters. The van der Waals surface area contributed by atoms with Gasteiger partial charge in [0.05, 0.1) is 17.1 Å². The quantitative estimate of drug-likeness (QED) is 0.480. The molecule has 0 fully saturated rings. The van der Waals surface area contributed by atoms with Gasteiger partial charge in [-0.15, -0.1) is 0 Å². The Bertz CT molecular complexity index is 1330. The number of nitrogens with zero attached hydrogens (tertiary/aromatic N) is 2. The van der Waals surface area contributed by atoms with E-state index < -0.39 is 9.84 Å². The van der Waals surface area contributed by atoms with Crippen LogP contribution in [-0.2, 0) is 16.4 Å². The number of carbonyl (C=O) groups excluding carboxylic acids is 1. The minimum atomic E-state index is -3.72. The zero-order valence-electron chi connectivity index (χ0n) is 16.9. The Hall–Kier alpha value is -3.65. The van der Waals surface area contributed by atoms with Crippen LogP contribution in [0.1, 0.15) is 22.8 Å². The summed E-state index contributed by atoms with van der Waals surface area (Å²) in [6.45, 7) is 2.45. The van der Waals surface area contributed by atoms with E-state index in [1.54, 1.807) is 72.4 Å². The molecule has 2 heterocycles. The maximum Gasteiger partial charge on any atom is 0.253 e. The lowest BCUT2D eigenvalue weighted by atomic mass is 10.2. The number of aromatic nitrogens is 2. The number of para-hydroxylation sites is 1. The van der Waals surface area contributed by atoms with Gasteiger partial charge in [0.15, 0.2) is 0 Å². The second kappa shape index (κ2) is 8.61. The summed E-state index contributed by atoms with van der Waals surface area (Å²) < 4.78 is 33.3. The zero-order chi connectivity index (χ0) is 21.8. The molecule has 0 saturated carbocycles. The molecule has 31 heavy (non-hydrogen) atoms. The largest absolute Gasteiger partial charge is 0.493 e. The molecule has 0 aliphatic carbocycles. The van der Waals surface area contributed by atoms with Crippen molar-refractivity contribution < 1.29 is 17.9 Å². The van der Waals surface area contributed by atoms with Crippen molar-refractivity contribution in [3.63, 3.8) is 0 Å². The van der Waals surface area contributed by atoms with Gasteiger partial charge in [-0.3, -0.25) is 4.79 Å². The van der Waals surface area contributed by atoms with Crippen LogP contribution in [-0.4, -0.2) is 30.3 Å². The number of hydrogen-bond acceptors (Lipinski definition) is 5. The standard InChI is InChI=1S/C23H21N3O4S/c1-2-30-20-5-3-4-6-21(20)31(28,29)19-10-7-17(8-11-19)15-25-23(27)18-9-12-22-24-13-14-26(22)16-18/h3-14,16H,2,15H2,1H3,(H,25,27). The molecule has 4 aromatic rings. The first-order valence-electron chi connectivity index (χ1n) is 9.76. The van der Waals surface area contributed by atoms with Crippen molar-refractivity contribution in [2.75, 3.05) is 6.61 Å². The highest BCUT2D eigenvalue weighted by molar-refractivity contribution is 7.91. The van der Waals surface area contributed by atoms with Gasteiger partial charge in [-0.1, -0.05) is 24.3 Å². The van der Waals surface area contributed by atoms with Crippen molar-refractivity contribution in [2.45, 2.75) is 23.3 Å². The summed E-state index contributed by atoms with van der Waals surface area (Å²) in [4.78, 5) is 16.9. The molecule has 1 N–H and O–H groups in total. The number of benzene rings is 2. The molecule has 0 spiro atoms. The normalized spacial score (nSPS) is 11.4. The lowest BCUT2D eigenvalue weighted by Crippen LogP contribution is -2.23. The molecule has 0 unspecified atom stereocenters. The number of imidazole rings is 1. The summed E-state index contributed by atoms with van der Waals surface area (Å²) in [5.74, 6) is 0.106. The number of ether oxygens (including phenoxy) is 1. The maximum atomic E-state index is 13.0. The predicted octanol–water partition coefficient (Wildman–Crippen LogP) is 3.50. The highest BCUT2D eigenvalue weighted by Gasteiger charge is 2.22. The molecule has 7 nitrogen and oxygen atoms in total. The van der Waals surface area contributed by atoms with Gasteiger partial charge in [0.1, 0.15) is 16.3 Å². The number of nitrogens with one attached hydrogen (secondary N) is 1. The topological polar surface area (TPSA) is 89.8 Å². The third-order valence-electron chi connectivity index (χ3n) is 4.78. The highest BCUT2D eigenvalue weighted by atomic mass is 32.2. The van der Waals surface area contributed by atoms with E-state index >= 15 is 0 Å². The predicted molar refractivity (Wildman–Crippen MR) is 116 cm³/mol. The van der Waals surface area contributed by atoms with E-state index in [-0.39, 0.29) is 22.2 Å². The van der Waals surface area contributed by atoms with Gasteiger partial charge in [0, 0.05) is 25.1 Å². The van der Waals surface area contributed by atoms with Crippen LogP contribution in [0.2, 0.25) is 0 Å². The summed E-state index contributed by atoms with van der Waals surface area (Å²) in [6.07, 6.45) is 5.15. The minimum absolute atomic E-state index is 0.132. The van der Waals surface area contributed by atoms with Crippen LogP contribution in [0.5, 0.6) is 5.75 Å². The molecular formula is C23H21N3O4S. The van der Waals surface area contributed by atoms with Gasteiger partial charge in [0.25, 0.3) is 5.91 Å². The van der Waals surface area contributed by atoms with Gasteiger partial charge in [0.2, 0.25) is 9.84 Å². The molecule has 0 aliphatic heterocycles.